The van der Waals surface area contributed by atoms with Crippen molar-refractivity contribution in [3.05, 3.63) is 12.2 Å². The van der Waals surface area contributed by atoms with Gasteiger partial charge in [0.1, 0.15) is 6.33 Å². The molecule has 1 amide bonds. The van der Waals surface area contributed by atoms with Crippen molar-refractivity contribution >= 4 is 5.91 Å². The molecule has 2 N–H and O–H groups in total. The summed E-state index contributed by atoms with van der Waals surface area (Å²) < 4.78 is 1.61. The molecule has 0 saturated carbocycles. The van der Waals surface area contributed by atoms with E-state index in [1.165, 1.54) is 0 Å². The first-order valence-electron chi connectivity index (χ1n) is 5.46. The Kier molecular flexibility index (Phi) is 4.91. The highest BCUT2D eigenvalue weighted by Crippen LogP contribution is 1.88. The van der Waals surface area contributed by atoms with E-state index in [9.17, 15) is 4.79 Å². The Labute approximate surface area is 95.4 Å². The van der Waals surface area contributed by atoms with E-state index in [0.29, 0.717) is 25.0 Å². The molecule has 1 atom stereocenters. The highest BCUT2D eigenvalue weighted by atomic mass is 16.1. The summed E-state index contributed by atoms with van der Waals surface area (Å²) in [6.07, 6.45) is 2.62. The van der Waals surface area contributed by atoms with E-state index in [1.807, 2.05) is 6.92 Å². The molecule has 0 bridgehead atoms. The highest BCUT2D eigenvalue weighted by Gasteiger charge is 2.05. The zero-order chi connectivity index (χ0) is 12.0. The van der Waals surface area contributed by atoms with E-state index in [1.54, 1.807) is 18.1 Å². The van der Waals surface area contributed by atoms with Crippen molar-refractivity contribution in [3.8, 4) is 0 Å². The summed E-state index contributed by atoms with van der Waals surface area (Å²) in [6.45, 7) is 4.84. The predicted octanol–water partition coefficient (Wildman–Crippen LogP) is -0.181. The fourth-order valence-corrected chi connectivity index (χ4v) is 1.12. The van der Waals surface area contributed by atoms with E-state index >= 15 is 0 Å². The average molecular weight is 225 g/mol. The van der Waals surface area contributed by atoms with Crippen LogP contribution in [0, 0.1) is 0 Å². The molecule has 0 aromatic carbocycles. The van der Waals surface area contributed by atoms with Crippen LogP contribution in [-0.4, -0.2) is 33.3 Å². The minimum absolute atomic E-state index is 0.0345. The normalized spacial score (nSPS) is 12.4. The molecule has 6 heteroatoms. The zero-order valence-corrected chi connectivity index (χ0v) is 10.0. The molecule has 1 heterocycles. The van der Waals surface area contributed by atoms with Crippen molar-refractivity contribution in [3.63, 3.8) is 0 Å². The molecule has 0 aliphatic heterocycles. The maximum Gasteiger partial charge on any atom is 0.234 e. The van der Waals surface area contributed by atoms with Crippen LogP contribution in [0.4, 0.5) is 0 Å². The second-order valence-corrected chi connectivity index (χ2v) is 3.80. The number of nitrogens with one attached hydrogen (secondary N) is 2. The molecule has 0 aliphatic rings. The molecule has 90 valence electrons. The Morgan fingerprint density at radius 1 is 1.62 bits per heavy atom. The number of hydrogen-bond acceptors (Lipinski definition) is 4. The first-order chi connectivity index (χ1) is 7.61. The van der Waals surface area contributed by atoms with Crippen molar-refractivity contribution in [2.45, 2.75) is 32.9 Å². The summed E-state index contributed by atoms with van der Waals surface area (Å²) in [5.74, 6) is 0.590. The van der Waals surface area contributed by atoms with Crippen LogP contribution in [0.3, 0.4) is 0 Å². The summed E-state index contributed by atoms with van der Waals surface area (Å²) >= 11 is 0. The molecule has 16 heavy (non-hydrogen) atoms. The van der Waals surface area contributed by atoms with Gasteiger partial charge in [-0.3, -0.25) is 9.48 Å². The second kappa shape index (κ2) is 6.22. The third-order valence-electron chi connectivity index (χ3n) is 2.31. The van der Waals surface area contributed by atoms with Crippen molar-refractivity contribution < 1.29 is 4.79 Å². The topological polar surface area (TPSA) is 71.8 Å². The van der Waals surface area contributed by atoms with Gasteiger partial charge in [-0.2, -0.15) is 5.10 Å². The fraction of sp³-hybridized carbons (Fsp3) is 0.700. The summed E-state index contributed by atoms with van der Waals surface area (Å²) in [4.78, 5) is 15.4. The summed E-state index contributed by atoms with van der Waals surface area (Å²) in [5.41, 5.74) is 0. The third-order valence-corrected chi connectivity index (χ3v) is 2.31. The average Bonchev–Trinajstić information content (AvgIpc) is 2.69. The molecule has 0 aliphatic carbocycles. The molecule has 0 saturated heterocycles. The Morgan fingerprint density at radius 3 is 2.94 bits per heavy atom. The van der Waals surface area contributed by atoms with Crippen LogP contribution in [0.2, 0.25) is 0 Å². The van der Waals surface area contributed by atoms with Gasteiger partial charge < -0.3 is 10.6 Å². The summed E-state index contributed by atoms with van der Waals surface area (Å²) in [5, 5.41) is 9.93. The standard InChI is InChI=1S/C10H19N5O/c1-4-8(2)11-6-10(16)12-5-9-13-7-15(3)14-9/h7-8,11H,4-6H2,1-3H3,(H,12,16). The summed E-state index contributed by atoms with van der Waals surface area (Å²) in [6, 6.07) is 0.360. The van der Waals surface area contributed by atoms with Crippen molar-refractivity contribution in [1.82, 2.24) is 25.4 Å². The number of aromatic nitrogens is 3. The van der Waals surface area contributed by atoms with Crippen molar-refractivity contribution in [1.29, 1.82) is 0 Å². The SMILES string of the molecule is CCC(C)NCC(=O)NCc1ncn(C)n1. The van der Waals surface area contributed by atoms with Gasteiger partial charge in [0.05, 0.1) is 13.1 Å². The number of amides is 1. The van der Waals surface area contributed by atoms with Crippen molar-refractivity contribution in [2.24, 2.45) is 7.05 Å². The number of aryl methyl sites for hydroxylation is 1. The molecule has 6 nitrogen and oxygen atoms in total. The van der Waals surface area contributed by atoms with Gasteiger partial charge in [-0.25, -0.2) is 4.98 Å². The Bertz CT molecular complexity index is 336. The number of carbonyl (C=O) groups is 1. The van der Waals surface area contributed by atoms with Crippen LogP contribution < -0.4 is 10.6 Å². The van der Waals surface area contributed by atoms with Crippen LogP contribution in [0.5, 0.6) is 0 Å². The lowest BCUT2D eigenvalue weighted by Gasteiger charge is -2.10. The lowest BCUT2D eigenvalue weighted by molar-refractivity contribution is -0.120. The van der Waals surface area contributed by atoms with Gasteiger partial charge in [0.25, 0.3) is 0 Å². The van der Waals surface area contributed by atoms with Crippen LogP contribution in [0.1, 0.15) is 26.1 Å². The predicted molar refractivity (Wildman–Crippen MR) is 60.6 cm³/mol. The van der Waals surface area contributed by atoms with E-state index < -0.39 is 0 Å². The lowest BCUT2D eigenvalue weighted by Crippen LogP contribution is -2.37. The highest BCUT2D eigenvalue weighted by molar-refractivity contribution is 5.77. The lowest BCUT2D eigenvalue weighted by atomic mass is 10.2. The van der Waals surface area contributed by atoms with E-state index in [-0.39, 0.29) is 5.91 Å². The fourth-order valence-electron chi connectivity index (χ4n) is 1.12. The van der Waals surface area contributed by atoms with Gasteiger partial charge >= 0.3 is 0 Å². The quantitative estimate of drug-likeness (QED) is 0.704. The van der Waals surface area contributed by atoms with Gasteiger partial charge in [0, 0.05) is 13.1 Å². The monoisotopic (exact) mass is 225 g/mol. The molecule has 0 radical (unpaired) electrons. The largest absolute Gasteiger partial charge is 0.348 e. The van der Waals surface area contributed by atoms with Crippen LogP contribution >= 0.6 is 0 Å². The Balaban J connectivity index is 2.20. The maximum atomic E-state index is 11.4. The first kappa shape index (κ1) is 12.6. The van der Waals surface area contributed by atoms with Gasteiger partial charge in [0.15, 0.2) is 5.82 Å². The molecule has 1 aromatic rings. The molecule has 0 fully saturated rings. The van der Waals surface area contributed by atoms with Gasteiger partial charge in [0.2, 0.25) is 5.91 Å². The van der Waals surface area contributed by atoms with Crippen molar-refractivity contribution in [2.75, 3.05) is 6.54 Å². The van der Waals surface area contributed by atoms with Gasteiger partial charge in [-0.15, -0.1) is 0 Å². The first-order valence-corrected chi connectivity index (χ1v) is 5.46. The molecule has 0 spiro atoms. The molecule has 1 rings (SSSR count). The smallest absolute Gasteiger partial charge is 0.234 e. The minimum atomic E-state index is -0.0345. The minimum Gasteiger partial charge on any atom is -0.348 e. The number of hydrogen-bond donors (Lipinski definition) is 2. The molecule has 1 unspecified atom stereocenters. The Morgan fingerprint density at radius 2 is 2.38 bits per heavy atom. The van der Waals surface area contributed by atoms with Gasteiger partial charge in [-0.1, -0.05) is 6.92 Å². The summed E-state index contributed by atoms with van der Waals surface area (Å²) in [7, 11) is 1.79. The number of carbonyl (C=O) groups excluding carboxylic acids is 1. The van der Waals surface area contributed by atoms with Gasteiger partial charge in [-0.05, 0) is 13.3 Å². The Hall–Kier alpha value is -1.43. The second-order valence-electron chi connectivity index (χ2n) is 3.80. The van der Waals surface area contributed by atoms with Crippen LogP contribution in [0.25, 0.3) is 0 Å². The zero-order valence-electron chi connectivity index (χ0n) is 10.0. The number of rotatable bonds is 6. The third kappa shape index (κ3) is 4.39. The van der Waals surface area contributed by atoms with Crippen LogP contribution in [0.15, 0.2) is 6.33 Å². The molecular weight excluding hydrogens is 206 g/mol. The van der Waals surface area contributed by atoms with E-state index in [2.05, 4.69) is 27.6 Å². The number of nitrogens with zero attached hydrogens (tertiary/aromatic N) is 3. The van der Waals surface area contributed by atoms with Crippen LogP contribution in [-0.2, 0) is 18.4 Å². The van der Waals surface area contributed by atoms with E-state index in [0.717, 1.165) is 6.42 Å². The molecular formula is C10H19N5O. The molecule has 1 aromatic heterocycles. The van der Waals surface area contributed by atoms with E-state index in [4.69, 9.17) is 0 Å². The maximum absolute atomic E-state index is 11.4.